The Bertz CT molecular complexity index is 947. The third-order valence-electron chi connectivity index (χ3n) is 3.67. The summed E-state index contributed by atoms with van der Waals surface area (Å²) in [7, 11) is 2.70. The number of aromatic nitrogens is 2. The molecule has 0 spiro atoms. The molecule has 0 saturated heterocycles. The first kappa shape index (κ1) is 16.3. The molecule has 0 unspecified atom stereocenters. The lowest BCUT2D eigenvalue weighted by molar-refractivity contribution is 0.0692. The number of hydrogen-bond donors (Lipinski definition) is 2. The quantitative estimate of drug-likeness (QED) is 0.756. The van der Waals surface area contributed by atoms with Crippen molar-refractivity contribution >= 4 is 23.4 Å². The third-order valence-corrected chi connectivity index (χ3v) is 3.67. The minimum Gasteiger partial charge on any atom is -0.496 e. The van der Waals surface area contributed by atoms with Gasteiger partial charge >= 0.3 is 12.1 Å². The number of nitrogens with one attached hydrogen (secondary N) is 1. The first-order chi connectivity index (χ1) is 12.0. The van der Waals surface area contributed by atoms with E-state index in [1.807, 2.05) is 0 Å². The molecule has 0 saturated carbocycles. The fourth-order valence-electron chi connectivity index (χ4n) is 2.44. The number of hydrogen-bond acceptors (Lipinski definition) is 5. The molecule has 8 nitrogen and oxygen atoms in total. The number of nitrogens with zero attached hydrogens (tertiary/aromatic N) is 2. The molecule has 3 aromatic rings. The van der Waals surface area contributed by atoms with Crippen molar-refractivity contribution in [1.29, 1.82) is 0 Å². The number of aromatic carboxylic acids is 1. The summed E-state index contributed by atoms with van der Waals surface area (Å²) in [4.78, 5) is 26.9. The third kappa shape index (κ3) is 3.09. The van der Waals surface area contributed by atoms with Gasteiger partial charge in [-0.05, 0) is 12.1 Å². The number of methoxy groups -OCH3 is 2. The number of carbonyl (C=O) groups is 2. The first-order valence-electron chi connectivity index (χ1n) is 7.27. The molecule has 128 valence electrons. The van der Waals surface area contributed by atoms with E-state index in [1.54, 1.807) is 40.9 Å². The Kier molecular flexibility index (Phi) is 4.25. The number of carboxylic acid groups (broad SMARTS) is 1. The molecule has 0 fully saturated rings. The number of amides is 1. The molecule has 3 rings (SSSR count). The molecule has 0 atom stereocenters. The van der Waals surface area contributed by atoms with E-state index in [0.29, 0.717) is 17.0 Å². The highest BCUT2D eigenvalue weighted by atomic mass is 16.5. The molecular formula is C17H15N3O5. The first-order valence-corrected chi connectivity index (χ1v) is 7.27. The summed E-state index contributed by atoms with van der Waals surface area (Å²) < 4.78 is 11.3. The highest BCUT2D eigenvalue weighted by Gasteiger charge is 2.15. The maximum absolute atomic E-state index is 11.4. The van der Waals surface area contributed by atoms with Gasteiger partial charge in [-0.3, -0.25) is 9.72 Å². The highest BCUT2D eigenvalue weighted by molar-refractivity contribution is 5.91. The van der Waals surface area contributed by atoms with Gasteiger partial charge in [0.2, 0.25) is 0 Å². The summed E-state index contributed by atoms with van der Waals surface area (Å²) in [6.07, 6.45) is 2.56. The van der Waals surface area contributed by atoms with Gasteiger partial charge in [0.1, 0.15) is 17.0 Å². The second-order valence-electron chi connectivity index (χ2n) is 5.13. The smallest absolute Gasteiger partial charge is 0.411 e. The zero-order valence-electron chi connectivity index (χ0n) is 13.5. The number of anilines is 1. The Morgan fingerprint density at radius 1 is 1.20 bits per heavy atom. The molecule has 0 radical (unpaired) electrons. The van der Waals surface area contributed by atoms with Crippen LogP contribution in [0.15, 0.2) is 42.7 Å². The van der Waals surface area contributed by atoms with Gasteiger partial charge in [0.25, 0.3) is 0 Å². The molecule has 0 aliphatic rings. The fourth-order valence-corrected chi connectivity index (χ4v) is 2.44. The van der Waals surface area contributed by atoms with Gasteiger partial charge in [0, 0.05) is 23.5 Å². The topological polar surface area (TPSA) is 102 Å². The van der Waals surface area contributed by atoms with Crippen LogP contribution in [0.4, 0.5) is 10.5 Å². The lowest BCUT2D eigenvalue weighted by Crippen LogP contribution is -2.10. The summed E-state index contributed by atoms with van der Waals surface area (Å²) in [5.74, 6) is -0.842. The lowest BCUT2D eigenvalue weighted by Gasteiger charge is -2.08. The van der Waals surface area contributed by atoms with E-state index >= 15 is 0 Å². The van der Waals surface area contributed by atoms with E-state index in [9.17, 15) is 14.7 Å². The maximum Gasteiger partial charge on any atom is 0.411 e. The second-order valence-corrected chi connectivity index (χ2v) is 5.13. The maximum atomic E-state index is 11.4. The second kappa shape index (κ2) is 6.52. The van der Waals surface area contributed by atoms with Gasteiger partial charge < -0.3 is 14.6 Å². The van der Waals surface area contributed by atoms with Crippen LogP contribution in [0.1, 0.15) is 10.4 Å². The van der Waals surface area contributed by atoms with Crippen LogP contribution in [-0.4, -0.2) is 40.8 Å². The van der Waals surface area contributed by atoms with Gasteiger partial charge in [0.05, 0.1) is 26.1 Å². The van der Waals surface area contributed by atoms with Crippen LogP contribution in [0, 0.1) is 0 Å². The Hall–Kier alpha value is -3.55. The number of pyridine rings is 1. The standard InChI is InChI=1S/C17H15N3O5/c1-24-14-7-15-18-8-13(20(15)9-12(14)16(21)22)10-3-5-11(6-4-10)19-17(23)25-2/h3-9H,1-2H3,(H,19,23)(H,21,22). The number of ether oxygens (including phenoxy) is 2. The van der Waals surface area contributed by atoms with Crippen molar-refractivity contribution in [3.05, 3.63) is 48.3 Å². The van der Waals surface area contributed by atoms with Crippen LogP contribution in [0.25, 0.3) is 16.9 Å². The van der Waals surface area contributed by atoms with E-state index in [2.05, 4.69) is 15.0 Å². The Balaban J connectivity index is 2.02. The Morgan fingerprint density at radius 2 is 1.92 bits per heavy atom. The van der Waals surface area contributed by atoms with E-state index in [-0.39, 0.29) is 11.3 Å². The summed E-state index contributed by atoms with van der Waals surface area (Å²) >= 11 is 0. The number of carboxylic acids is 1. The monoisotopic (exact) mass is 341 g/mol. The van der Waals surface area contributed by atoms with E-state index in [0.717, 1.165) is 5.56 Å². The molecule has 25 heavy (non-hydrogen) atoms. The lowest BCUT2D eigenvalue weighted by atomic mass is 10.1. The van der Waals surface area contributed by atoms with Crippen LogP contribution in [-0.2, 0) is 4.74 Å². The van der Waals surface area contributed by atoms with Gasteiger partial charge in [-0.15, -0.1) is 0 Å². The molecule has 8 heteroatoms. The van der Waals surface area contributed by atoms with Crippen molar-refractivity contribution in [2.75, 3.05) is 19.5 Å². The molecule has 0 aliphatic carbocycles. The molecular weight excluding hydrogens is 326 g/mol. The van der Waals surface area contributed by atoms with Gasteiger partial charge in [-0.25, -0.2) is 14.6 Å². The Morgan fingerprint density at radius 3 is 2.52 bits per heavy atom. The zero-order valence-corrected chi connectivity index (χ0v) is 13.5. The fraction of sp³-hybridized carbons (Fsp3) is 0.118. The summed E-state index contributed by atoms with van der Waals surface area (Å²) in [5.41, 5.74) is 2.71. The molecule has 1 aromatic carbocycles. The average Bonchev–Trinajstić information content (AvgIpc) is 3.03. The van der Waals surface area contributed by atoms with Crippen molar-refractivity contribution in [3.8, 4) is 17.0 Å². The predicted octanol–water partition coefficient (Wildman–Crippen LogP) is 2.89. The minimum absolute atomic E-state index is 0.0400. The van der Waals surface area contributed by atoms with Crippen molar-refractivity contribution in [1.82, 2.24) is 9.38 Å². The summed E-state index contributed by atoms with van der Waals surface area (Å²) in [6, 6.07) is 8.58. The molecule has 1 amide bonds. The van der Waals surface area contributed by atoms with Gasteiger partial charge in [0.15, 0.2) is 0 Å². The SMILES string of the molecule is COC(=O)Nc1ccc(-c2cnc3cc(OC)c(C(=O)O)cn23)cc1. The van der Waals surface area contributed by atoms with Crippen molar-refractivity contribution < 1.29 is 24.2 Å². The highest BCUT2D eigenvalue weighted by Crippen LogP contribution is 2.27. The van der Waals surface area contributed by atoms with Gasteiger partial charge in [-0.1, -0.05) is 12.1 Å². The van der Waals surface area contributed by atoms with Crippen molar-refractivity contribution in [2.45, 2.75) is 0 Å². The van der Waals surface area contributed by atoms with Crippen molar-refractivity contribution in [2.24, 2.45) is 0 Å². The van der Waals surface area contributed by atoms with Crippen molar-refractivity contribution in [3.63, 3.8) is 0 Å². The normalized spacial score (nSPS) is 10.5. The minimum atomic E-state index is -1.09. The molecule has 2 N–H and O–H groups in total. The Labute approximate surface area is 142 Å². The van der Waals surface area contributed by atoms with E-state index < -0.39 is 12.1 Å². The van der Waals surface area contributed by atoms with Crippen LogP contribution in [0.3, 0.4) is 0 Å². The van der Waals surface area contributed by atoms with Crippen LogP contribution in [0.5, 0.6) is 5.75 Å². The number of imidazole rings is 1. The number of fused-ring (bicyclic) bond motifs is 1. The van der Waals surface area contributed by atoms with Crippen LogP contribution < -0.4 is 10.1 Å². The summed E-state index contributed by atoms with van der Waals surface area (Å²) in [5, 5.41) is 11.9. The van der Waals surface area contributed by atoms with Crippen LogP contribution in [0.2, 0.25) is 0 Å². The van der Waals surface area contributed by atoms with Gasteiger partial charge in [-0.2, -0.15) is 0 Å². The largest absolute Gasteiger partial charge is 0.496 e. The van der Waals surface area contributed by atoms with E-state index in [4.69, 9.17) is 4.74 Å². The molecule has 0 bridgehead atoms. The number of rotatable bonds is 4. The molecule has 2 heterocycles. The molecule has 2 aromatic heterocycles. The van der Waals surface area contributed by atoms with Crippen LogP contribution >= 0.6 is 0 Å². The number of benzene rings is 1. The predicted molar refractivity (Wildman–Crippen MR) is 90.2 cm³/mol. The van der Waals surface area contributed by atoms with E-state index in [1.165, 1.54) is 20.4 Å². The number of carbonyl (C=O) groups excluding carboxylic acids is 1. The molecule has 0 aliphatic heterocycles. The zero-order chi connectivity index (χ0) is 18.0. The average molecular weight is 341 g/mol. The summed E-state index contributed by atoms with van der Waals surface area (Å²) in [6.45, 7) is 0.